The SMILES string of the molecule is CC(F)(F)C(O)OCCCC12CC3CC4CC1C(C4)(C3)C2. The van der Waals surface area contributed by atoms with Crippen molar-refractivity contribution in [3.63, 3.8) is 0 Å². The quantitative estimate of drug-likeness (QED) is 0.594. The molecule has 0 aliphatic heterocycles. The van der Waals surface area contributed by atoms with Crippen LogP contribution in [0.3, 0.4) is 0 Å². The standard InChI is InChI=1S/C17H26F2O2/c1-15(18,19)14(20)21-4-2-3-16-8-12-5-11-6-13(16)17(7-11,9-12)10-16/h11-14,20H,2-10H2,1H3. The van der Waals surface area contributed by atoms with Gasteiger partial charge in [-0.05, 0) is 80.0 Å². The predicted octanol–water partition coefficient (Wildman–Crippen LogP) is 3.97. The number of aliphatic hydroxyl groups excluding tert-OH is 1. The minimum absolute atomic E-state index is 0.250. The van der Waals surface area contributed by atoms with Crippen molar-refractivity contribution in [2.75, 3.05) is 6.61 Å². The molecule has 4 aliphatic carbocycles. The lowest BCUT2D eigenvalue weighted by molar-refractivity contribution is -0.229. The first-order chi connectivity index (χ1) is 9.83. The smallest absolute Gasteiger partial charge is 0.295 e. The van der Waals surface area contributed by atoms with Gasteiger partial charge in [-0.3, -0.25) is 0 Å². The van der Waals surface area contributed by atoms with Gasteiger partial charge in [0.15, 0.2) is 0 Å². The molecule has 4 saturated carbocycles. The number of fused-ring (bicyclic) bond motifs is 2. The molecule has 0 radical (unpaired) electrons. The molecule has 4 aliphatic rings. The highest BCUT2D eigenvalue weighted by Crippen LogP contribution is 2.80. The molecule has 6 unspecified atom stereocenters. The number of hydrogen-bond donors (Lipinski definition) is 1. The predicted molar refractivity (Wildman–Crippen MR) is 74.9 cm³/mol. The molecule has 1 N–H and O–H groups in total. The van der Waals surface area contributed by atoms with E-state index in [-0.39, 0.29) is 6.61 Å². The number of hydrogen-bond acceptors (Lipinski definition) is 2. The van der Waals surface area contributed by atoms with E-state index in [0.717, 1.165) is 30.6 Å². The number of ether oxygens (including phenoxy) is 1. The molecule has 0 aromatic heterocycles. The zero-order valence-electron chi connectivity index (χ0n) is 12.8. The highest BCUT2D eigenvalue weighted by atomic mass is 19.3. The van der Waals surface area contributed by atoms with E-state index >= 15 is 0 Å². The second-order valence-corrected chi connectivity index (χ2v) is 8.55. The molecule has 6 atom stereocenters. The number of rotatable bonds is 6. The highest BCUT2D eigenvalue weighted by Gasteiger charge is 2.71. The van der Waals surface area contributed by atoms with E-state index in [1.165, 1.54) is 38.5 Å². The summed E-state index contributed by atoms with van der Waals surface area (Å²) in [4.78, 5) is 0. The van der Waals surface area contributed by atoms with Crippen LogP contribution >= 0.6 is 0 Å². The van der Waals surface area contributed by atoms with Crippen molar-refractivity contribution in [3.05, 3.63) is 0 Å². The van der Waals surface area contributed by atoms with Gasteiger partial charge in [-0.1, -0.05) is 0 Å². The lowest BCUT2D eigenvalue weighted by Gasteiger charge is -2.68. The van der Waals surface area contributed by atoms with Crippen LogP contribution in [0.1, 0.15) is 58.3 Å². The summed E-state index contributed by atoms with van der Waals surface area (Å²) in [5.74, 6) is -0.342. The molecule has 4 heteroatoms. The maximum absolute atomic E-state index is 12.8. The first-order valence-corrected chi connectivity index (χ1v) is 8.51. The first kappa shape index (κ1) is 14.4. The van der Waals surface area contributed by atoms with Gasteiger partial charge in [-0.25, -0.2) is 8.78 Å². The van der Waals surface area contributed by atoms with Crippen LogP contribution in [0.25, 0.3) is 0 Å². The van der Waals surface area contributed by atoms with E-state index in [9.17, 15) is 13.9 Å². The molecule has 1 spiro atoms. The van der Waals surface area contributed by atoms with E-state index in [4.69, 9.17) is 4.74 Å². The zero-order chi connectivity index (χ0) is 14.9. The topological polar surface area (TPSA) is 29.5 Å². The van der Waals surface area contributed by atoms with E-state index in [0.29, 0.717) is 17.8 Å². The lowest BCUT2D eigenvalue weighted by atomic mass is 9.37. The van der Waals surface area contributed by atoms with Crippen LogP contribution in [0.5, 0.6) is 0 Å². The molecule has 4 bridgehead atoms. The van der Waals surface area contributed by atoms with Crippen LogP contribution in [-0.4, -0.2) is 23.9 Å². The van der Waals surface area contributed by atoms with E-state index in [1.54, 1.807) is 0 Å². The largest absolute Gasteiger partial charge is 0.363 e. The Morgan fingerprint density at radius 1 is 1.24 bits per heavy atom. The molecule has 0 aromatic rings. The second-order valence-electron chi connectivity index (χ2n) is 8.55. The van der Waals surface area contributed by atoms with Crippen LogP contribution in [-0.2, 0) is 4.74 Å². The molecule has 2 nitrogen and oxygen atoms in total. The summed E-state index contributed by atoms with van der Waals surface area (Å²) in [5.41, 5.74) is 1.18. The van der Waals surface area contributed by atoms with Gasteiger partial charge in [0, 0.05) is 13.5 Å². The molecule has 0 saturated heterocycles. The fourth-order valence-electron chi connectivity index (χ4n) is 6.85. The summed E-state index contributed by atoms with van der Waals surface area (Å²) in [6, 6.07) is 0. The van der Waals surface area contributed by atoms with Crippen molar-refractivity contribution in [2.45, 2.75) is 70.5 Å². The van der Waals surface area contributed by atoms with Crippen LogP contribution in [0.4, 0.5) is 8.78 Å². The molecule has 4 rings (SSSR count). The maximum atomic E-state index is 12.8. The monoisotopic (exact) mass is 300 g/mol. The van der Waals surface area contributed by atoms with Gasteiger partial charge in [-0.15, -0.1) is 0 Å². The summed E-state index contributed by atoms with van der Waals surface area (Å²) >= 11 is 0. The zero-order valence-corrected chi connectivity index (χ0v) is 12.8. The number of halogens is 2. The molecular formula is C17H26F2O2. The van der Waals surface area contributed by atoms with Gasteiger partial charge in [0.05, 0.1) is 0 Å². The molecule has 0 heterocycles. The van der Waals surface area contributed by atoms with Crippen molar-refractivity contribution < 1.29 is 18.6 Å². The van der Waals surface area contributed by atoms with E-state index in [1.807, 2.05) is 0 Å². The minimum atomic E-state index is -3.17. The summed E-state index contributed by atoms with van der Waals surface area (Å²) in [6.07, 6.45) is 8.49. The van der Waals surface area contributed by atoms with Crippen LogP contribution in [0.15, 0.2) is 0 Å². The maximum Gasteiger partial charge on any atom is 0.295 e. The average Bonchev–Trinajstić information content (AvgIpc) is 2.54. The van der Waals surface area contributed by atoms with E-state index < -0.39 is 12.2 Å². The van der Waals surface area contributed by atoms with Crippen molar-refractivity contribution in [2.24, 2.45) is 28.6 Å². The Bertz CT molecular complexity index is 431. The molecule has 0 aromatic carbocycles. The molecular weight excluding hydrogens is 274 g/mol. The molecule has 120 valence electrons. The third-order valence-electron chi connectivity index (χ3n) is 7.03. The van der Waals surface area contributed by atoms with Crippen LogP contribution in [0, 0.1) is 28.6 Å². The Balaban J connectivity index is 1.31. The molecule has 21 heavy (non-hydrogen) atoms. The fraction of sp³-hybridized carbons (Fsp3) is 1.00. The summed E-state index contributed by atoms with van der Waals surface area (Å²) < 4.78 is 30.6. The average molecular weight is 300 g/mol. The Morgan fingerprint density at radius 2 is 2.00 bits per heavy atom. The van der Waals surface area contributed by atoms with Crippen LogP contribution < -0.4 is 0 Å². The van der Waals surface area contributed by atoms with Crippen molar-refractivity contribution >= 4 is 0 Å². The lowest BCUT2D eigenvalue weighted by Crippen LogP contribution is -2.59. The summed E-state index contributed by atoms with van der Waals surface area (Å²) in [5, 5.41) is 9.22. The first-order valence-electron chi connectivity index (χ1n) is 8.51. The van der Waals surface area contributed by atoms with Crippen molar-refractivity contribution in [1.29, 1.82) is 0 Å². The van der Waals surface area contributed by atoms with Crippen molar-refractivity contribution in [3.8, 4) is 0 Å². The Kier molecular flexibility index (Phi) is 3.02. The van der Waals surface area contributed by atoms with Gasteiger partial charge in [0.25, 0.3) is 5.92 Å². The summed E-state index contributed by atoms with van der Waals surface area (Å²) in [6.45, 7) is 0.948. The second kappa shape index (κ2) is 4.41. The number of alkyl halides is 2. The molecule has 4 fully saturated rings. The van der Waals surface area contributed by atoms with Gasteiger partial charge >= 0.3 is 0 Å². The van der Waals surface area contributed by atoms with Gasteiger partial charge in [0.1, 0.15) is 0 Å². The Hall–Kier alpha value is -0.220. The Morgan fingerprint density at radius 3 is 2.76 bits per heavy atom. The van der Waals surface area contributed by atoms with Crippen LogP contribution in [0.2, 0.25) is 0 Å². The highest BCUT2D eigenvalue weighted by molar-refractivity contribution is 5.21. The van der Waals surface area contributed by atoms with Gasteiger partial charge in [0.2, 0.25) is 6.29 Å². The minimum Gasteiger partial charge on any atom is -0.363 e. The third-order valence-corrected chi connectivity index (χ3v) is 7.03. The van der Waals surface area contributed by atoms with Gasteiger partial charge in [-0.2, -0.15) is 0 Å². The Labute approximate surface area is 125 Å². The normalized spacial score (nSPS) is 48.3. The summed E-state index contributed by atoms with van der Waals surface area (Å²) in [7, 11) is 0. The van der Waals surface area contributed by atoms with E-state index in [2.05, 4.69) is 0 Å². The third kappa shape index (κ3) is 2.08. The van der Waals surface area contributed by atoms with Gasteiger partial charge < -0.3 is 9.84 Å². The number of aliphatic hydroxyl groups is 1. The fourth-order valence-corrected chi connectivity index (χ4v) is 6.85. The van der Waals surface area contributed by atoms with Crippen molar-refractivity contribution in [1.82, 2.24) is 0 Å². The molecule has 0 amide bonds.